The maximum Gasteiger partial charge on any atom is 0.189 e. The number of nitrogens with two attached hydrogens (primary N) is 1. The first-order valence-corrected chi connectivity index (χ1v) is 6.59. The Morgan fingerprint density at radius 3 is 2.95 bits per heavy atom. The van der Waals surface area contributed by atoms with Gasteiger partial charge < -0.3 is 11.1 Å². The first kappa shape index (κ1) is 13.3. The second kappa shape index (κ2) is 6.18. The van der Waals surface area contributed by atoms with E-state index in [9.17, 15) is 0 Å². The predicted molar refractivity (Wildman–Crippen MR) is 80.0 cm³/mol. The summed E-state index contributed by atoms with van der Waals surface area (Å²) in [6, 6.07) is 10.5. The second-order valence-corrected chi connectivity index (χ2v) is 4.63. The topological polar surface area (TPSA) is 63.3 Å². The maximum atomic E-state index is 5.85. The van der Waals surface area contributed by atoms with Crippen molar-refractivity contribution < 1.29 is 0 Å². The largest absolute Gasteiger partial charge is 0.370 e. The minimum Gasteiger partial charge on any atom is -0.370 e. The Labute approximate surface area is 113 Å². The van der Waals surface area contributed by atoms with E-state index in [1.807, 2.05) is 24.4 Å². The fraction of sp³-hybridized carbons (Fsp3) is 0.333. The number of nitrogens with zero attached hydrogens (tertiary/aromatic N) is 2. The molecule has 0 saturated heterocycles. The number of rotatable bonds is 4. The van der Waals surface area contributed by atoms with Crippen molar-refractivity contribution in [2.45, 2.75) is 32.9 Å². The van der Waals surface area contributed by atoms with Crippen molar-refractivity contribution in [2.75, 3.05) is 0 Å². The molecular weight excluding hydrogens is 236 g/mol. The third kappa shape index (κ3) is 3.44. The summed E-state index contributed by atoms with van der Waals surface area (Å²) in [5, 5.41) is 5.45. The van der Waals surface area contributed by atoms with Gasteiger partial charge in [-0.15, -0.1) is 0 Å². The number of nitrogens with one attached hydrogen (secondary N) is 1. The standard InChI is InChI=1S/C15H20N4/c1-3-11(2)19-15(16)18-10-14-13-7-5-4-6-12(13)8-9-17-14/h4-9,11H,3,10H2,1-2H3,(H3,16,18,19). The first-order valence-electron chi connectivity index (χ1n) is 6.59. The third-order valence-corrected chi connectivity index (χ3v) is 3.16. The molecule has 0 aliphatic rings. The van der Waals surface area contributed by atoms with E-state index in [0.717, 1.165) is 17.5 Å². The van der Waals surface area contributed by atoms with Crippen molar-refractivity contribution in [3.8, 4) is 0 Å². The Kier molecular flexibility index (Phi) is 4.34. The van der Waals surface area contributed by atoms with Gasteiger partial charge >= 0.3 is 0 Å². The second-order valence-electron chi connectivity index (χ2n) is 4.63. The molecule has 0 aliphatic carbocycles. The molecule has 1 aromatic carbocycles. The molecule has 0 bridgehead atoms. The van der Waals surface area contributed by atoms with Gasteiger partial charge in [-0.25, -0.2) is 4.99 Å². The van der Waals surface area contributed by atoms with Crippen LogP contribution in [0.1, 0.15) is 26.0 Å². The van der Waals surface area contributed by atoms with Crippen LogP contribution in [-0.4, -0.2) is 17.0 Å². The lowest BCUT2D eigenvalue weighted by Crippen LogP contribution is -2.38. The van der Waals surface area contributed by atoms with Crippen LogP contribution in [0.5, 0.6) is 0 Å². The zero-order valence-electron chi connectivity index (χ0n) is 11.4. The highest BCUT2D eigenvalue weighted by Gasteiger charge is 2.02. The summed E-state index contributed by atoms with van der Waals surface area (Å²) in [6.07, 6.45) is 2.83. The Hall–Kier alpha value is -2.10. The molecule has 3 N–H and O–H groups in total. The van der Waals surface area contributed by atoms with Gasteiger partial charge in [0.1, 0.15) is 0 Å². The van der Waals surface area contributed by atoms with Crippen molar-refractivity contribution >= 4 is 16.7 Å². The molecule has 2 rings (SSSR count). The average Bonchev–Trinajstić information content (AvgIpc) is 2.44. The molecule has 0 radical (unpaired) electrons. The van der Waals surface area contributed by atoms with Crippen LogP contribution >= 0.6 is 0 Å². The number of fused-ring (bicyclic) bond motifs is 1. The van der Waals surface area contributed by atoms with Crippen LogP contribution in [0.2, 0.25) is 0 Å². The van der Waals surface area contributed by atoms with Gasteiger partial charge in [0, 0.05) is 17.6 Å². The van der Waals surface area contributed by atoms with Crippen molar-refractivity contribution in [1.29, 1.82) is 0 Å². The van der Waals surface area contributed by atoms with Crippen molar-refractivity contribution in [3.05, 3.63) is 42.2 Å². The number of hydrogen-bond donors (Lipinski definition) is 2. The minimum atomic E-state index is 0.337. The van der Waals surface area contributed by atoms with Gasteiger partial charge in [0.15, 0.2) is 5.96 Å². The predicted octanol–water partition coefficient (Wildman–Crippen LogP) is 2.44. The lowest BCUT2D eigenvalue weighted by atomic mass is 10.1. The molecule has 2 aromatic rings. The van der Waals surface area contributed by atoms with Crippen molar-refractivity contribution in [3.63, 3.8) is 0 Å². The quantitative estimate of drug-likeness (QED) is 0.652. The molecule has 19 heavy (non-hydrogen) atoms. The summed E-state index contributed by atoms with van der Waals surface area (Å²) in [7, 11) is 0. The van der Waals surface area contributed by atoms with Crippen LogP contribution in [0, 0.1) is 0 Å². The number of hydrogen-bond acceptors (Lipinski definition) is 2. The fourth-order valence-corrected chi connectivity index (χ4v) is 1.87. The molecule has 1 unspecified atom stereocenters. The van der Waals surface area contributed by atoms with Gasteiger partial charge in [-0.05, 0) is 24.8 Å². The molecule has 0 saturated carbocycles. The third-order valence-electron chi connectivity index (χ3n) is 3.16. The molecular formula is C15H20N4. The molecule has 0 amide bonds. The van der Waals surface area contributed by atoms with Crippen LogP contribution in [0.3, 0.4) is 0 Å². The SMILES string of the molecule is CCC(C)NC(N)=NCc1nccc2ccccc12. The average molecular weight is 256 g/mol. The van der Waals surface area contributed by atoms with Crippen LogP contribution in [-0.2, 0) is 6.54 Å². The lowest BCUT2D eigenvalue weighted by Gasteiger charge is -2.11. The van der Waals surface area contributed by atoms with E-state index in [-0.39, 0.29) is 0 Å². The van der Waals surface area contributed by atoms with Crippen LogP contribution < -0.4 is 11.1 Å². The first-order chi connectivity index (χ1) is 9.20. The summed E-state index contributed by atoms with van der Waals surface area (Å²) in [4.78, 5) is 8.74. The van der Waals surface area contributed by atoms with Gasteiger partial charge in [0.25, 0.3) is 0 Å². The van der Waals surface area contributed by atoms with E-state index in [0.29, 0.717) is 18.5 Å². The van der Waals surface area contributed by atoms with Gasteiger partial charge in [0.2, 0.25) is 0 Å². The normalized spacial score (nSPS) is 13.5. The van der Waals surface area contributed by atoms with Crippen LogP contribution in [0.4, 0.5) is 0 Å². The highest BCUT2D eigenvalue weighted by molar-refractivity contribution is 5.84. The van der Waals surface area contributed by atoms with Crippen LogP contribution in [0.15, 0.2) is 41.5 Å². The number of aromatic nitrogens is 1. The summed E-state index contributed by atoms with van der Waals surface area (Å²) < 4.78 is 0. The van der Waals surface area contributed by atoms with Crippen molar-refractivity contribution in [1.82, 2.24) is 10.3 Å². The van der Waals surface area contributed by atoms with Crippen molar-refractivity contribution in [2.24, 2.45) is 10.7 Å². The summed E-state index contributed by atoms with van der Waals surface area (Å²) >= 11 is 0. The van der Waals surface area contributed by atoms with E-state index in [4.69, 9.17) is 5.73 Å². The van der Waals surface area contributed by atoms with E-state index in [1.165, 1.54) is 5.39 Å². The number of guanidine groups is 1. The van der Waals surface area contributed by atoms with E-state index in [1.54, 1.807) is 0 Å². The van der Waals surface area contributed by atoms with E-state index >= 15 is 0 Å². The highest BCUT2D eigenvalue weighted by Crippen LogP contribution is 2.16. The zero-order chi connectivity index (χ0) is 13.7. The van der Waals surface area contributed by atoms with Gasteiger partial charge in [-0.3, -0.25) is 4.98 Å². The summed E-state index contributed by atoms with van der Waals surface area (Å²) in [5.41, 5.74) is 6.80. The van der Waals surface area contributed by atoms with Crippen LogP contribution in [0.25, 0.3) is 10.8 Å². The molecule has 100 valence electrons. The zero-order valence-corrected chi connectivity index (χ0v) is 11.4. The van der Waals surface area contributed by atoms with Gasteiger partial charge in [-0.1, -0.05) is 31.2 Å². The summed E-state index contributed by atoms with van der Waals surface area (Å²) in [6.45, 7) is 4.69. The molecule has 1 heterocycles. The monoisotopic (exact) mass is 256 g/mol. The van der Waals surface area contributed by atoms with Gasteiger partial charge in [0.05, 0.1) is 12.2 Å². The molecule has 4 nitrogen and oxygen atoms in total. The summed E-state index contributed by atoms with van der Waals surface area (Å²) in [5.74, 6) is 0.476. The number of aliphatic imine (C=N–C) groups is 1. The maximum absolute atomic E-state index is 5.85. The molecule has 4 heteroatoms. The molecule has 0 aliphatic heterocycles. The highest BCUT2D eigenvalue weighted by atomic mass is 15.1. The molecule has 1 atom stereocenters. The molecule has 0 fully saturated rings. The molecule has 0 spiro atoms. The van der Waals surface area contributed by atoms with E-state index in [2.05, 4.69) is 41.3 Å². The lowest BCUT2D eigenvalue weighted by molar-refractivity contribution is 0.636. The smallest absolute Gasteiger partial charge is 0.189 e. The number of benzene rings is 1. The Morgan fingerprint density at radius 1 is 1.37 bits per heavy atom. The van der Waals surface area contributed by atoms with E-state index < -0.39 is 0 Å². The van der Waals surface area contributed by atoms with Gasteiger partial charge in [-0.2, -0.15) is 0 Å². The Morgan fingerprint density at radius 2 is 2.16 bits per heavy atom. The fourth-order valence-electron chi connectivity index (χ4n) is 1.87. The number of pyridine rings is 1. The Bertz CT molecular complexity index is 572. The minimum absolute atomic E-state index is 0.337. The molecule has 1 aromatic heterocycles. The Balaban J connectivity index is 2.15.